The van der Waals surface area contributed by atoms with E-state index in [1.165, 1.54) is 19.3 Å². The lowest BCUT2D eigenvalue weighted by atomic mass is 9.89. The van der Waals surface area contributed by atoms with Crippen molar-refractivity contribution in [3.63, 3.8) is 0 Å². The van der Waals surface area contributed by atoms with Crippen LogP contribution in [0.5, 0.6) is 0 Å². The average Bonchev–Trinajstić information content (AvgIpc) is 2.16. The topological polar surface area (TPSA) is 49.3 Å². The third-order valence-corrected chi connectivity index (χ3v) is 3.09. The first-order valence-corrected chi connectivity index (χ1v) is 6.83. The molecule has 0 spiro atoms. The van der Waals surface area contributed by atoms with Gasteiger partial charge in [0, 0.05) is 6.04 Å². The van der Waals surface area contributed by atoms with Crippen LogP contribution in [0.4, 0.5) is 0 Å². The van der Waals surface area contributed by atoms with E-state index >= 15 is 0 Å². The van der Waals surface area contributed by atoms with Crippen molar-refractivity contribution < 1.29 is 9.90 Å². The normalized spacial score (nSPS) is 16.8. The zero-order valence-electron chi connectivity index (χ0n) is 12.0. The molecule has 0 bridgehead atoms. The van der Waals surface area contributed by atoms with Crippen LogP contribution in [-0.4, -0.2) is 22.7 Å². The van der Waals surface area contributed by atoms with Gasteiger partial charge in [-0.3, -0.25) is 10.1 Å². The molecule has 0 aliphatic heterocycles. The second kappa shape index (κ2) is 7.70. The lowest BCUT2D eigenvalue weighted by Gasteiger charge is -2.31. The van der Waals surface area contributed by atoms with Crippen LogP contribution in [0.2, 0.25) is 0 Å². The predicted molar refractivity (Wildman–Crippen MR) is 72.2 cm³/mol. The van der Waals surface area contributed by atoms with Crippen LogP contribution in [0.1, 0.15) is 66.7 Å². The minimum Gasteiger partial charge on any atom is -0.480 e. The molecule has 2 atom stereocenters. The maximum atomic E-state index is 11.4. The molecule has 0 saturated carbocycles. The predicted octanol–water partition coefficient (Wildman–Crippen LogP) is 3.43. The van der Waals surface area contributed by atoms with Crippen LogP contribution in [0.25, 0.3) is 0 Å². The van der Waals surface area contributed by atoms with Gasteiger partial charge < -0.3 is 5.11 Å². The van der Waals surface area contributed by atoms with Gasteiger partial charge >= 0.3 is 5.97 Å². The van der Waals surface area contributed by atoms with Gasteiger partial charge in [0.1, 0.15) is 5.54 Å². The van der Waals surface area contributed by atoms with Crippen LogP contribution in [-0.2, 0) is 4.79 Å². The van der Waals surface area contributed by atoms with E-state index in [0.717, 1.165) is 6.42 Å². The van der Waals surface area contributed by atoms with Crippen molar-refractivity contribution in [1.29, 1.82) is 0 Å². The van der Waals surface area contributed by atoms with Gasteiger partial charge in [-0.1, -0.05) is 40.0 Å². The number of carbonyl (C=O) groups is 1. The lowest BCUT2D eigenvalue weighted by molar-refractivity contribution is -0.145. The fraction of sp³-hybridized carbons (Fsp3) is 0.929. The summed E-state index contributed by atoms with van der Waals surface area (Å²) < 4.78 is 0. The summed E-state index contributed by atoms with van der Waals surface area (Å²) in [4.78, 5) is 11.4. The smallest absolute Gasteiger partial charge is 0.323 e. The highest BCUT2D eigenvalue weighted by Gasteiger charge is 2.34. The molecule has 102 valence electrons. The van der Waals surface area contributed by atoms with E-state index in [0.29, 0.717) is 12.3 Å². The number of carboxylic acid groups (broad SMARTS) is 1. The molecule has 0 aromatic heterocycles. The Labute approximate surface area is 106 Å². The summed E-state index contributed by atoms with van der Waals surface area (Å²) in [5.41, 5.74) is -0.792. The summed E-state index contributed by atoms with van der Waals surface area (Å²) >= 11 is 0. The Morgan fingerprint density at radius 1 is 1.29 bits per heavy atom. The number of nitrogens with one attached hydrogen (secondary N) is 1. The van der Waals surface area contributed by atoms with Crippen molar-refractivity contribution in [2.24, 2.45) is 5.92 Å². The van der Waals surface area contributed by atoms with Gasteiger partial charge in [0.05, 0.1) is 0 Å². The molecule has 0 saturated heterocycles. The highest BCUT2D eigenvalue weighted by Crippen LogP contribution is 2.19. The molecular weight excluding hydrogens is 214 g/mol. The van der Waals surface area contributed by atoms with E-state index in [4.69, 9.17) is 0 Å². The number of unbranched alkanes of at least 4 members (excludes halogenated alkanes) is 2. The minimum atomic E-state index is -0.792. The van der Waals surface area contributed by atoms with Crippen molar-refractivity contribution in [1.82, 2.24) is 5.32 Å². The Morgan fingerprint density at radius 2 is 1.88 bits per heavy atom. The zero-order valence-corrected chi connectivity index (χ0v) is 12.0. The van der Waals surface area contributed by atoms with Crippen molar-refractivity contribution >= 4 is 5.97 Å². The van der Waals surface area contributed by atoms with Crippen molar-refractivity contribution in [2.45, 2.75) is 78.3 Å². The van der Waals surface area contributed by atoms with E-state index in [1.807, 2.05) is 0 Å². The average molecular weight is 243 g/mol. The quantitative estimate of drug-likeness (QED) is 0.610. The Hall–Kier alpha value is -0.570. The molecule has 0 amide bonds. The van der Waals surface area contributed by atoms with Gasteiger partial charge in [-0.2, -0.15) is 0 Å². The van der Waals surface area contributed by atoms with Crippen molar-refractivity contribution in [3.05, 3.63) is 0 Å². The number of hydrogen-bond acceptors (Lipinski definition) is 2. The SMILES string of the molecule is CCCCCC(C)NC(C)(CC(C)C)C(=O)O. The third-order valence-electron chi connectivity index (χ3n) is 3.09. The second-order valence-corrected chi connectivity index (χ2v) is 5.78. The first kappa shape index (κ1) is 16.4. The Bertz CT molecular complexity index is 228. The summed E-state index contributed by atoms with van der Waals surface area (Å²) in [6, 6.07) is 0.265. The second-order valence-electron chi connectivity index (χ2n) is 5.78. The Balaban J connectivity index is 4.28. The molecule has 2 N–H and O–H groups in total. The maximum Gasteiger partial charge on any atom is 0.323 e. The summed E-state index contributed by atoms with van der Waals surface area (Å²) in [5, 5.41) is 12.6. The van der Waals surface area contributed by atoms with Crippen LogP contribution in [0.3, 0.4) is 0 Å². The van der Waals surface area contributed by atoms with Gasteiger partial charge in [0.25, 0.3) is 0 Å². The fourth-order valence-corrected chi connectivity index (χ4v) is 2.34. The Kier molecular flexibility index (Phi) is 7.44. The maximum absolute atomic E-state index is 11.4. The number of rotatable bonds is 9. The van der Waals surface area contributed by atoms with Crippen LogP contribution < -0.4 is 5.32 Å². The summed E-state index contributed by atoms with van der Waals surface area (Å²) in [6.07, 6.45) is 5.31. The molecule has 0 aromatic rings. The lowest BCUT2D eigenvalue weighted by Crippen LogP contribution is -2.53. The summed E-state index contributed by atoms with van der Waals surface area (Å²) in [6.45, 7) is 10.2. The molecule has 0 heterocycles. The standard InChI is InChI=1S/C14H29NO2/c1-6-7-8-9-12(4)15-14(5,13(16)17)10-11(2)3/h11-12,15H,6-10H2,1-5H3,(H,16,17). The highest BCUT2D eigenvalue weighted by atomic mass is 16.4. The van der Waals surface area contributed by atoms with Gasteiger partial charge in [-0.15, -0.1) is 0 Å². The highest BCUT2D eigenvalue weighted by molar-refractivity contribution is 5.78. The van der Waals surface area contributed by atoms with Crippen LogP contribution in [0, 0.1) is 5.92 Å². The monoisotopic (exact) mass is 243 g/mol. The largest absolute Gasteiger partial charge is 0.480 e. The van der Waals surface area contributed by atoms with E-state index in [-0.39, 0.29) is 6.04 Å². The van der Waals surface area contributed by atoms with Crippen molar-refractivity contribution in [2.75, 3.05) is 0 Å². The Morgan fingerprint density at radius 3 is 2.29 bits per heavy atom. The molecule has 0 aliphatic rings. The number of hydrogen-bond donors (Lipinski definition) is 2. The van der Waals surface area contributed by atoms with Gasteiger partial charge in [-0.05, 0) is 32.6 Å². The molecule has 3 heteroatoms. The number of carboxylic acids is 1. The molecule has 0 aliphatic carbocycles. The molecule has 0 radical (unpaired) electrons. The van der Waals surface area contributed by atoms with Gasteiger partial charge in [0.2, 0.25) is 0 Å². The first-order valence-electron chi connectivity index (χ1n) is 6.83. The molecule has 3 nitrogen and oxygen atoms in total. The molecule has 0 rings (SSSR count). The van der Waals surface area contributed by atoms with Crippen LogP contribution in [0.15, 0.2) is 0 Å². The summed E-state index contributed by atoms with van der Waals surface area (Å²) in [7, 11) is 0. The molecule has 2 unspecified atom stereocenters. The third kappa shape index (κ3) is 6.67. The van der Waals surface area contributed by atoms with E-state index in [2.05, 4.69) is 33.0 Å². The zero-order chi connectivity index (χ0) is 13.5. The molecule has 17 heavy (non-hydrogen) atoms. The molecule has 0 aromatic carbocycles. The number of aliphatic carboxylic acids is 1. The molecular formula is C14H29NO2. The minimum absolute atomic E-state index is 0.265. The van der Waals surface area contributed by atoms with E-state index < -0.39 is 11.5 Å². The summed E-state index contributed by atoms with van der Waals surface area (Å²) in [5.74, 6) is -0.361. The van der Waals surface area contributed by atoms with Gasteiger partial charge in [0.15, 0.2) is 0 Å². The van der Waals surface area contributed by atoms with Crippen molar-refractivity contribution in [3.8, 4) is 0 Å². The van der Waals surface area contributed by atoms with E-state index in [9.17, 15) is 9.90 Å². The van der Waals surface area contributed by atoms with Gasteiger partial charge in [-0.25, -0.2) is 0 Å². The van der Waals surface area contributed by atoms with Crippen LogP contribution >= 0.6 is 0 Å². The van der Waals surface area contributed by atoms with E-state index in [1.54, 1.807) is 6.92 Å². The fourth-order valence-electron chi connectivity index (χ4n) is 2.34. The molecule has 0 fully saturated rings. The first-order chi connectivity index (χ1) is 7.81.